The molecule has 2 aromatic carbocycles. The summed E-state index contributed by atoms with van der Waals surface area (Å²) in [5.41, 5.74) is 3.88. The largest absolute Gasteiger partial charge is 0.497 e. The topological polar surface area (TPSA) is 72.9 Å². The van der Waals surface area contributed by atoms with Gasteiger partial charge in [-0.1, -0.05) is 42.1 Å². The van der Waals surface area contributed by atoms with E-state index < -0.39 is 0 Å². The summed E-state index contributed by atoms with van der Waals surface area (Å²) < 4.78 is 12.9. The van der Waals surface area contributed by atoms with Crippen LogP contribution in [0.4, 0.5) is 0 Å². The normalized spacial score (nSPS) is 15.4. The average Bonchev–Trinajstić information content (AvgIpc) is 3.63. The summed E-state index contributed by atoms with van der Waals surface area (Å²) in [5, 5.41) is 7.02. The van der Waals surface area contributed by atoms with Crippen molar-refractivity contribution in [2.24, 2.45) is 12.1 Å². The van der Waals surface area contributed by atoms with Gasteiger partial charge in [-0.25, -0.2) is 9.99 Å². The van der Waals surface area contributed by atoms with Crippen molar-refractivity contribution in [2.75, 3.05) is 12.9 Å². The van der Waals surface area contributed by atoms with Crippen molar-refractivity contribution in [3.8, 4) is 17.0 Å². The van der Waals surface area contributed by atoms with Crippen LogP contribution in [0.25, 0.3) is 11.3 Å². The number of amides is 1. The van der Waals surface area contributed by atoms with E-state index in [1.807, 2.05) is 84.5 Å². The minimum Gasteiger partial charge on any atom is -0.497 e. The molecule has 0 saturated carbocycles. The number of benzene rings is 2. The van der Waals surface area contributed by atoms with Crippen molar-refractivity contribution in [3.63, 3.8) is 0 Å². The van der Waals surface area contributed by atoms with Gasteiger partial charge in [0.1, 0.15) is 17.6 Å². The first-order chi connectivity index (χ1) is 16.6. The Morgan fingerprint density at radius 1 is 1.09 bits per heavy atom. The summed E-state index contributed by atoms with van der Waals surface area (Å²) in [7, 11) is 3.60. The van der Waals surface area contributed by atoms with Gasteiger partial charge in [-0.15, -0.1) is 0 Å². The first kappa shape index (κ1) is 22.0. The second kappa shape index (κ2) is 9.61. The number of carbonyl (C=O) groups is 1. The van der Waals surface area contributed by atoms with E-state index in [9.17, 15) is 4.79 Å². The van der Waals surface area contributed by atoms with Crippen LogP contribution < -0.4 is 4.74 Å². The highest BCUT2D eigenvalue weighted by atomic mass is 32.2. The van der Waals surface area contributed by atoms with Gasteiger partial charge in [0.25, 0.3) is 5.91 Å². The second-order valence-electron chi connectivity index (χ2n) is 7.89. The predicted molar refractivity (Wildman–Crippen MR) is 132 cm³/mol. The zero-order valence-corrected chi connectivity index (χ0v) is 19.7. The van der Waals surface area contributed by atoms with Gasteiger partial charge in [-0.3, -0.25) is 4.79 Å². The molecule has 172 valence electrons. The fourth-order valence-electron chi connectivity index (χ4n) is 4.00. The fourth-order valence-corrected chi connectivity index (χ4v) is 4.80. The van der Waals surface area contributed by atoms with Crippen LogP contribution >= 0.6 is 11.8 Å². The van der Waals surface area contributed by atoms with Crippen LogP contribution in [0.2, 0.25) is 0 Å². The van der Waals surface area contributed by atoms with E-state index in [1.54, 1.807) is 18.4 Å². The molecular weight excluding hydrogens is 448 g/mol. The lowest BCUT2D eigenvalue weighted by Crippen LogP contribution is -2.28. The molecule has 8 heteroatoms. The molecule has 7 nitrogen and oxygen atoms in total. The molecule has 1 atom stereocenters. The molecule has 3 heterocycles. The van der Waals surface area contributed by atoms with Gasteiger partial charge >= 0.3 is 0 Å². The highest BCUT2D eigenvalue weighted by molar-refractivity contribution is 7.99. The van der Waals surface area contributed by atoms with E-state index in [1.165, 1.54) is 11.8 Å². The Balaban J connectivity index is 1.34. The Morgan fingerprint density at radius 2 is 1.88 bits per heavy atom. The van der Waals surface area contributed by atoms with Crippen molar-refractivity contribution < 1.29 is 13.9 Å². The summed E-state index contributed by atoms with van der Waals surface area (Å²) in [4.78, 5) is 17.8. The zero-order chi connectivity index (χ0) is 23.5. The smallest absolute Gasteiger partial charge is 0.253 e. The Bertz CT molecular complexity index is 1300. The van der Waals surface area contributed by atoms with Gasteiger partial charge in [0, 0.05) is 13.5 Å². The molecule has 0 fully saturated rings. The molecule has 1 amide bonds. The maximum absolute atomic E-state index is 13.3. The van der Waals surface area contributed by atoms with Crippen LogP contribution in [0.3, 0.4) is 0 Å². The number of hydrogen-bond donors (Lipinski definition) is 0. The summed E-state index contributed by atoms with van der Waals surface area (Å²) in [5.74, 6) is 1.61. The molecule has 1 unspecified atom stereocenters. The molecule has 0 N–H and O–H groups in total. The summed E-state index contributed by atoms with van der Waals surface area (Å²) in [6.07, 6.45) is 4.04. The predicted octanol–water partition coefficient (Wildman–Crippen LogP) is 5.16. The number of hydrogen-bond acceptors (Lipinski definition) is 6. The summed E-state index contributed by atoms with van der Waals surface area (Å²) in [6, 6.07) is 21.2. The number of aromatic nitrogens is 2. The van der Waals surface area contributed by atoms with E-state index in [-0.39, 0.29) is 17.7 Å². The molecule has 34 heavy (non-hydrogen) atoms. The van der Waals surface area contributed by atoms with Crippen LogP contribution in [0.15, 0.2) is 93.9 Å². The number of methoxy groups -OCH3 is 1. The highest BCUT2D eigenvalue weighted by Crippen LogP contribution is 2.34. The molecule has 1 aliphatic rings. The Hall–Kier alpha value is -3.78. The van der Waals surface area contributed by atoms with Crippen molar-refractivity contribution >= 4 is 23.4 Å². The zero-order valence-electron chi connectivity index (χ0n) is 18.9. The van der Waals surface area contributed by atoms with Gasteiger partial charge in [0.05, 0.1) is 36.7 Å². The number of ether oxygens (including phenoxy) is 1. The fraction of sp³-hybridized carbons (Fsp3) is 0.192. The lowest BCUT2D eigenvalue weighted by Gasteiger charge is -2.19. The SMILES string of the molecule is COc1ccc(C2=NN(C(=O)CSc3ncc(-c4ccccc4)n3C)C(c3ccco3)C2)cc1. The van der Waals surface area contributed by atoms with E-state index in [0.29, 0.717) is 12.2 Å². The van der Waals surface area contributed by atoms with Crippen molar-refractivity contribution in [2.45, 2.75) is 17.6 Å². The van der Waals surface area contributed by atoms with E-state index in [0.717, 1.165) is 33.4 Å². The Morgan fingerprint density at radius 3 is 2.59 bits per heavy atom. The number of nitrogens with zero attached hydrogens (tertiary/aromatic N) is 4. The second-order valence-corrected chi connectivity index (χ2v) is 8.83. The van der Waals surface area contributed by atoms with E-state index >= 15 is 0 Å². The third-order valence-corrected chi connectivity index (χ3v) is 6.83. The van der Waals surface area contributed by atoms with Crippen LogP contribution in [0.1, 0.15) is 23.8 Å². The molecule has 5 rings (SSSR count). The first-order valence-electron chi connectivity index (χ1n) is 10.9. The third kappa shape index (κ3) is 4.36. The molecular formula is C26H24N4O3S. The van der Waals surface area contributed by atoms with Gasteiger partial charge in [0.15, 0.2) is 5.16 Å². The highest BCUT2D eigenvalue weighted by Gasteiger charge is 2.35. The monoisotopic (exact) mass is 472 g/mol. The number of hydrazone groups is 1. The van der Waals surface area contributed by atoms with Gasteiger partial charge < -0.3 is 13.7 Å². The van der Waals surface area contributed by atoms with Crippen LogP contribution in [0, 0.1) is 0 Å². The number of furan rings is 1. The average molecular weight is 473 g/mol. The minimum atomic E-state index is -0.276. The molecule has 0 bridgehead atoms. The minimum absolute atomic E-state index is 0.0980. The van der Waals surface area contributed by atoms with Crippen molar-refractivity contribution in [3.05, 3.63) is 90.5 Å². The van der Waals surface area contributed by atoms with E-state index in [2.05, 4.69) is 4.98 Å². The maximum Gasteiger partial charge on any atom is 0.253 e. The molecule has 2 aromatic heterocycles. The summed E-state index contributed by atoms with van der Waals surface area (Å²) in [6.45, 7) is 0. The third-order valence-electron chi connectivity index (χ3n) is 5.80. The van der Waals surface area contributed by atoms with E-state index in [4.69, 9.17) is 14.3 Å². The van der Waals surface area contributed by atoms with Gasteiger partial charge in [-0.2, -0.15) is 5.10 Å². The van der Waals surface area contributed by atoms with Gasteiger partial charge in [-0.05, 0) is 47.5 Å². The van der Waals surface area contributed by atoms with Crippen molar-refractivity contribution in [1.82, 2.24) is 14.6 Å². The molecule has 0 aliphatic carbocycles. The number of carbonyl (C=O) groups excluding carboxylic acids is 1. The lowest BCUT2D eigenvalue weighted by molar-refractivity contribution is -0.130. The Labute approximate surface area is 202 Å². The van der Waals surface area contributed by atoms with Crippen molar-refractivity contribution in [1.29, 1.82) is 0 Å². The summed E-state index contributed by atoms with van der Waals surface area (Å²) >= 11 is 1.40. The lowest BCUT2D eigenvalue weighted by atomic mass is 10.0. The Kier molecular flexibility index (Phi) is 6.22. The molecule has 1 aliphatic heterocycles. The van der Waals surface area contributed by atoms with Crippen LogP contribution in [-0.4, -0.2) is 39.0 Å². The molecule has 0 saturated heterocycles. The van der Waals surface area contributed by atoms with Crippen LogP contribution in [0.5, 0.6) is 5.75 Å². The maximum atomic E-state index is 13.3. The quantitative estimate of drug-likeness (QED) is 0.348. The molecule has 0 radical (unpaired) electrons. The standard InChI is InChI=1S/C26H24N4O3S/c1-29-23(19-7-4-3-5-8-19)16-27-26(29)34-17-25(31)30-22(24-9-6-14-33-24)15-21(28-30)18-10-12-20(32-2)13-11-18/h3-14,16,22H,15,17H2,1-2H3. The number of rotatable bonds is 7. The number of thioether (sulfide) groups is 1. The molecule has 0 spiro atoms. The molecule has 4 aromatic rings. The first-order valence-corrected chi connectivity index (χ1v) is 11.9. The van der Waals surface area contributed by atoms with Gasteiger partial charge in [0.2, 0.25) is 0 Å². The number of imidazole rings is 1. The van der Waals surface area contributed by atoms with Crippen LogP contribution in [-0.2, 0) is 11.8 Å².